The third-order valence-electron chi connectivity index (χ3n) is 3.78. The molecule has 1 aromatic carbocycles. The number of carbonyl (C=O) groups is 1. The molecule has 24 heavy (non-hydrogen) atoms. The van der Waals surface area contributed by atoms with Gasteiger partial charge in [0.05, 0.1) is 18.6 Å². The lowest BCUT2D eigenvalue weighted by Crippen LogP contribution is -2.40. The fourth-order valence-corrected chi connectivity index (χ4v) is 3.84. The average Bonchev–Trinajstić information content (AvgIpc) is 2.56. The van der Waals surface area contributed by atoms with Crippen LogP contribution in [-0.2, 0) is 14.8 Å². The SMILES string of the molecule is CCCCCNC(=O)CN(CC)S(=O)(=O)c1ccc(OC)c(C)c1. The van der Waals surface area contributed by atoms with Crippen molar-refractivity contribution in [2.45, 2.75) is 44.9 Å². The second kappa shape index (κ2) is 9.64. The molecule has 0 saturated carbocycles. The Kier molecular flexibility index (Phi) is 8.21. The third-order valence-corrected chi connectivity index (χ3v) is 5.70. The summed E-state index contributed by atoms with van der Waals surface area (Å²) in [4.78, 5) is 12.2. The van der Waals surface area contributed by atoms with E-state index in [4.69, 9.17) is 4.74 Å². The Labute approximate surface area is 145 Å². The molecule has 0 aromatic heterocycles. The summed E-state index contributed by atoms with van der Waals surface area (Å²) in [6.45, 7) is 6.23. The number of rotatable bonds is 10. The Morgan fingerprint density at radius 2 is 1.96 bits per heavy atom. The number of aryl methyl sites for hydroxylation is 1. The number of amides is 1. The number of methoxy groups -OCH3 is 1. The largest absolute Gasteiger partial charge is 0.496 e. The molecule has 6 nitrogen and oxygen atoms in total. The van der Waals surface area contributed by atoms with E-state index < -0.39 is 10.0 Å². The second-order valence-electron chi connectivity index (χ2n) is 5.62. The third kappa shape index (κ3) is 5.49. The molecule has 0 aliphatic heterocycles. The number of nitrogens with one attached hydrogen (secondary N) is 1. The van der Waals surface area contributed by atoms with E-state index in [1.807, 2.05) is 0 Å². The molecule has 0 bridgehead atoms. The molecule has 1 aromatic rings. The second-order valence-corrected chi connectivity index (χ2v) is 7.56. The summed E-state index contributed by atoms with van der Waals surface area (Å²) in [5.74, 6) is 0.354. The first-order chi connectivity index (χ1) is 11.4. The fourth-order valence-electron chi connectivity index (χ4n) is 2.35. The minimum Gasteiger partial charge on any atom is -0.496 e. The van der Waals surface area contributed by atoms with Crippen LogP contribution in [0.4, 0.5) is 0 Å². The zero-order chi connectivity index (χ0) is 18.2. The smallest absolute Gasteiger partial charge is 0.243 e. The lowest BCUT2D eigenvalue weighted by atomic mass is 10.2. The summed E-state index contributed by atoms with van der Waals surface area (Å²) in [5, 5.41) is 2.77. The number of hydrogen-bond donors (Lipinski definition) is 1. The van der Waals surface area contributed by atoms with Crippen LogP contribution >= 0.6 is 0 Å². The monoisotopic (exact) mass is 356 g/mol. The van der Waals surface area contributed by atoms with Crippen molar-refractivity contribution in [2.24, 2.45) is 0 Å². The highest BCUT2D eigenvalue weighted by atomic mass is 32.2. The van der Waals surface area contributed by atoms with Crippen molar-refractivity contribution >= 4 is 15.9 Å². The Morgan fingerprint density at radius 1 is 1.25 bits per heavy atom. The van der Waals surface area contributed by atoms with Gasteiger partial charge in [-0.25, -0.2) is 8.42 Å². The lowest BCUT2D eigenvalue weighted by molar-refractivity contribution is -0.121. The predicted octanol–water partition coefficient (Wildman–Crippen LogP) is 2.32. The minimum atomic E-state index is -3.71. The molecule has 0 fully saturated rings. The van der Waals surface area contributed by atoms with Crippen molar-refractivity contribution in [3.8, 4) is 5.75 Å². The summed E-state index contributed by atoms with van der Waals surface area (Å²) >= 11 is 0. The van der Waals surface area contributed by atoms with Gasteiger partial charge in [-0.3, -0.25) is 4.79 Å². The Bertz CT molecular complexity index is 644. The van der Waals surface area contributed by atoms with Crippen molar-refractivity contribution in [2.75, 3.05) is 26.7 Å². The van der Waals surface area contributed by atoms with Gasteiger partial charge in [0, 0.05) is 13.1 Å². The van der Waals surface area contributed by atoms with Gasteiger partial charge in [0.15, 0.2) is 0 Å². The molecule has 0 radical (unpaired) electrons. The van der Waals surface area contributed by atoms with Crippen LogP contribution in [0.2, 0.25) is 0 Å². The molecule has 0 heterocycles. The molecule has 0 unspecified atom stereocenters. The number of sulfonamides is 1. The summed E-state index contributed by atoms with van der Waals surface area (Å²) in [7, 11) is -2.17. The summed E-state index contributed by atoms with van der Waals surface area (Å²) in [5.41, 5.74) is 0.735. The highest BCUT2D eigenvalue weighted by Gasteiger charge is 2.25. The molecule has 0 atom stereocenters. The maximum absolute atomic E-state index is 12.7. The highest BCUT2D eigenvalue weighted by molar-refractivity contribution is 7.89. The predicted molar refractivity (Wildman–Crippen MR) is 94.7 cm³/mol. The first-order valence-corrected chi connectivity index (χ1v) is 9.72. The van der Waals surface area contributed by atoms with Crippen molar-refractivity contribution in [3.63, 3.8) is 0 Å². The first kappa shape index (κ1) is 20.4. The summed E-state index contributed by atoms with van der Waals surface area (Å²) in [6.07, 6.45) is 3.02. The highest BCUT2D eigenvalue weighted by Crippen LogP contribution is 2.23. The van der Waals surface area contributed by atoms with Crippen LogP contribution in [0.5, 0.6) is 5.75 Å². The quantitative estimate of drug-likeness (QED) is 0.653. The van der Waals surface area contributed by atoms with Gasteiger partial charge in [-0.05, 0) is 37.1 Å². The number of hydrogen-bond acceptors (Lipinski definition) is 4. The van der Waals surface area contributed by atoms with Gasteiger partial charge < -0.3 is 10.1 Å². The number of carbonyl (C=O) groups excluding carboxylic acids is 1. The van der Waals surface area contributed by atoms with E-state index in [1.165, 1.54) is 17.5 Å². The molecule has 1 N–H and O–H groups in total. The van der Waals surface area contributed by atoms with E-state index in [0.29, 0.717) is 12.3 Å². The van der Waals surface area contributed by atoms with Crippen molar-refractivity contribution in [1.82, 2.24) is 9.62 Å². The van der Waals surface area contributed by atoms with Crippen molar-refractivity contribution < 1.29 is 17.9 Å². The topological polar surface area (TPSA) is 75.7 Å². The van der Waals surface area contributed by atoms with Gasteiger partial charge in [-0.2, -0.15) is 4.31 Å². The number of nitrogens with zero attached hydrogens (tertiary/aromatic N) is 1. The molecule has 136 valence electrons. The Hall–Kier alpha value is -1.60. The molecule has 0 aliphatic rings. The van der Waals surface area contributed by atoms with E-state index in [0.717, 1.165) is 24.8 Å². The van der Waals surface area contributed by atoms with Crippen LogP contribution in [0.1, 0.15) is 38.7 Å². The van der Waals surface area contributed by atoms with Crippen molar-refractivity contribution in [1.29, 1.82) is 0 Å². The molecule has 7 heteroatoms. The van der Waals surface area contributed by atoms with E-state index >= 15 is 0 Å². The maximum atomic E-state index is 12.7. The van der Waals surface area contributed by atoms with E-state index in [1.54, 1.807) is 26.0 Å². The number of likely N-dealkylation sites (N-methyl/N-ethyl adjacent to an activating group) is 1. The molecule has 1 amide bonds. The number of benzene rings is 1. The lowest BCUT2D eigenvalue weighted by Gasteiger charge is -2.20. The van der Waals surface area contributed by atoms with Crippen LogP contribution in [-0.4, -0.2) is 45.4 Å². The van der Waals surface area contributed by atoms with Gasteiger partial charge in [0.1, 0.15) is 5.75 Å². The molecule has 0 spiro atoms. The number of ether oxygens (including phenoxy) is 1. The molecular formula is C17H28N2O4S. The zero-order valence-corrected chi connectivity index (χ0v) is 15.8. The minimum absolute atomic E-state index is 0.168. The van der Waals surface area contributed by atoms with Gasteiger partial charge in [0.2, 0.25) is 15.9 Å². The van der Waals surface area contributed by atoms with Crippen LogP contribution in [0.15, 0.2) is 23.1 Å². The van der Waals surface area contributed by atoms with Crippen LogP contribution in [0, 0.1) is 6.92 Å². The zero-order valence-electron chi connectivity index (χ0n) is 15.0. The van der Waals surface area contributed by atoms with E-state index in [2.05, 4.69) is 12.2 Å². The Balaban J connectivity index is 2.82. The number of unbranched alkanes of at least 4 members (excludes halogenated alkanes) is 2. The van der Waals surface area contributed by atoms with Crippen LogP contribution in [0.3, 0.4) is 0 Å². The standard InChI is InChI=1S/C17H28N2O4S/c1-5-7-8-11-18-17(20)13-19(6-2)24(21,22)15-9-10-16(23-4)14(3)12-15/h9-10,12H,5-8,11,13H2,1-4H3,(H,18,20). The van der Waals surface area contributed by atoms with Gasteiger partial charge >= 0.3 is 0 Å². The van der Waals surface area contributed by atoms with E-state index in [-0.39, 0.29) is 23.9 Å². The maximum Gasteiger partial charge on any atom is 0.243 e. The molecule has 0 aliphatic carbocycles. The van der Waals surface area contributed by atoms with Gasteiger partial charge in [0.25, 0.3) is 0 Å². The Morgan fingerprint density at radius 3 is 2.50 bits per heavy atom. The molecule has 0 saturated heterocycles. The molecule has 1 rings (SSSR count). The van der Waals surface area contributed by atoms with Gasteiger partial charge in [-0.15, -0.1) is 0 Å². The normalized spacial score (nSPS) is 11.5. The van der Waals surface area contributed by atoms with Crippen LogP contribution in [0.25, 0.3) is 0 Å². The van der Waals surface area contributed by atoms with Crippen molar-refractivity contribution in [3.05, 3.63) is 23.8 Å². The summed E-state index contributed by atoms with van der Waals surface area (Å²) in [6, 6.07) is 4.69. The summed E-state index contributed by atoms with van der Waals surface area (Å²) < 4.78 is 31.8. The first-order valence-electron chi connectivity index (χ1n) is 8.28. The average molecular weight is 356 g/mol. The van der Waals surface area contributed by atoms with Crippen LogP contribution < -0.4 is 10.1 Å². The van der Waals surface area contributed by atoms with E-state index in [9.17, 15) is 13.2 Å². The van der Waals surface area contributed by atoms with Gasteiger partial charge in [-0.1, -0.05) is 26.7 Å². The molecular weight excluding hydrogens is 328 g/mol. The fraction of sp³-hybridized carbons (Fsp3) is 0.588.